The van der Waals surface area contributed by atoms with Gasteiger partial charge in [0.15, 0.2) is 0 Å². The lowest BCUT2D eigenvalue weighted by Gasteiger charge is -2.34. The van der Waals surface area contributed by atoms with E-state index in [0.717, 1.165) is 0 Å². The fourth-order valence-corrected chi connectivity index (χ4v) is 2.81. The van der Waals surface area contributed by atoms with Crippen molar-refractivity contribution in [3.05, 3.63) is 27.7 Å². The van der Waals surface area contributed by atoms with Crippen molar-refractivity contribution in [2.75, 3.05) is 6.61 Å². The predicted molar refractivity (Wildman–Crippen MR) is 88.7 cm³/mol. The Kier molecular flexibility index (Phi) is 7.16. The molecule has 1 aliphatic rings. The zero-order chi connectivity index (χ0) is 17.6. The van der Waals surface area contributed by atoms with Gasteiger partial charge in [0.25, 0.3) is 0 Å². The quantitative estimate of drug-likeness (QED) is 0.829. The van der Waals surface area contributed by atoms with Gasteiger partial charge in [0, 0.05) is 17.0 Å². The molecule has 2 N–H and O–H groups in total. The number of halogens is 2. The first-order valence-corrected chi connectivity index (χ1v) is 8.11. The van der Waals surface area contributed by atoms with Crippen molar-refractivity contribution in [2.24, 2.45) is 0 Å². The van der Waals surface area contributed by atoms with Gasteiger partial charge >= 0.3 is 11.9 Å². The third-order valence-electron chi connectivity index (χ3n) is 3.66. The molecule has 0 bridgehead atoms. The van der Waals surface area contributed by atoms with Crippen LogP contribution in [0.25, 0.3) is 0 Å². The van der Waals surface area contributed by atoms with Crippen LogP contribution in [0.15, 0.2) is 12.1 Å². The second-order valence-corrected chi connectivity index (χ2v) is 6.16. The standard InChI is InChI=1S/C12H10Cl2O5.C4H10/c13-6-3-7-10(8(14)4-6)19-2-1-12(7,11(17)18)5-9(15)16;1-3-4-2/h3-4H,1-2,5H2,(H,15,16)(H,17,18);3-4H2,1-2H3. The lowest BCUT2D eigenvalue weighted by molar-refractivity contribution is -0.151. The van der Waals surface area contributed by atoms with Gasteiger partial charge in [-0.1, -0.05) is 49.9 Å². The fraction of sp³-hybridized carbons (Fsp3) is 0.500. The van der Waals surface area contributed by atoms with E-state index in [-0.39, 0.29) is 34.4 Å². The van der Waals surface area contributed by atoms with Gasteiger partial charge in [-0.3, -0.25) is 9.59 Å². The summed E-state index contributed by atoms with van der Waals surface area (Å²) in [7, 11) is 0. The van der Waals surface area contributed by atoms with Crippen LogP contribution >= 0.6 is 23.2 Å². The second-order valence-electron chi connectivity index (χ2n) is 5.32. The Bertz CT molecular complexity index is 586. The van der Waals surface area contributed by atoms with Crippen molar-refractivity contribution in [3.63, 3.8) is 0 Å². The van der Waals surface area contributed by atoms with E-state index >= 15 is 0 Å². The van der Waals surface area contributed by atoms with Gasteiger partial charge in [-0.15, -0.1) is 0 Å². The molecule has 0 fully saturated rings. The largest absolute Gasteiger partial charge is 0.492 e. The van der Waals surface area contributed by atoms with Crippen LogP contribution in [-0.2, 0) is 15.0 Å². The Morgan fingerprint density at radius 3 is 2.30 bits per heavy atom. The molecule has 1 atom stereocenters. The molecule has 23 heavy (non-hydrogen) atoms. The molecule has 0 radical (unpaired) electrons. The molecule has 0 aliphatic carbocycles. The van der Waals surface area contributed by atoms with Crippen LogP contribution in [-0.4, -0.2) is 28.8 Å². The highest BCUT2D eigenvalue weighted by Gasteiger charge is 2.47. The maximum absolute atomic E-state index is 11.6. The summed E-state index contributed by atoms with van der Waals surface area (Å²) in [6.45, 7) is 4.45. The van der Waals surface area contributed by atoms with Gasteiger partial charge in [-0.25, -0.2) is 0 Å². The summed E-state index contributed by atoms with van der Waals surface area (Å²) in [6, 6.07) is 2.83. The Balaban J connectivity index is 0.000000593. The van der Waals surface area contributed by atoms with E-state index in [1.807, 2.05) is 0 Å². The third-order valence-corrected chi connectivity index (χ3v) is 4.16. The number of hydrogen-bond acceptors (Lipinski definition) is 3. The number of carboxylic acids is 2. The molecule has 1 aromatic carbocycles. The van der Waals surface area contributed by atoms with Crippen LogP contribution in [0.5, 0.6) is 5.75 Å². The Hall–Kier alpha value is -1.46. The average molecular weight is 363 g/mol. The molecule has 0 spiro atoms. The van der Waals surface area contributed by atoms with Crippen LogP contribution < -0.4 is 4.74 Å². The van der Waals surface area contributed by atoms with E-state index in [0.29, 0.717) is 0 Å². The van der Waals surface area contributed by atoms with Crippen LogP contribution in [0.3, 0.4) is 0 Å². The second kappa shape index (κ2) is 8.41. The van der Waals surface area contributed by atoms with Crippen LogP contribution in [0.1, 0.15) is 45.1 Å². The summed E-state index contributed by atoms with van der Waals surface area (Å²) in [5.74, 6) is -2.23. The molecular formula is C16H20Cl2O5. The minimum absolute atomic E-state index is 0.0539. The number of carbonyl (C=O) groups is 2. The first-order chi connectivity index (χ1) is 10.8. The van der Waals surface area contributed by atoms with Gasteiger partial charge in [0.05, 0.1) is 18.1 Å². The number of hydrogen-bond donors (Lipinski definition) is 2. The number of ether oxygens (including phenoxy) is 1. The Labute approximate surface area is 145 Å². The van der Waals surface area contributed by atoms with Crippen LogP contribution in [0.2, 0.25) is 10.0 Å². The molecule has 128 valence electrons. The monoisotopic (exact) mass is 362 g/mol. The normalized spacial score (nSPS) is 19.0. The molecule has 5 nitrogen and oxygen atoms in total. The highest BCUT2D eigenvalue weighted by Crippen LogP contribution is 2.46. The number of carboxylic acid groups (broad SMARTS) is 2. The number of fused-ring (bicyclic) bond motifs is 1. The zero-order valence-electron chi connectivity index (χ0n) is 13.1. The molecule has 7 heteroatoms. The van der Waals surface area contributed by atoms with Crippen molar-refractivity contribution in [1.29, 1.82) is 0 Å². The molecule has 0 amide bonds. The minimum Gasteiger partial charge on any atom is -0.492 e. The summed E-state index contributed by atoms with van der Waals surface area (Å²) in [5, 5.41) is 18.9. The lowest BCUT2D eigenvalue weighted by atomic mass is 9.73. The highest BCUT2D eigenvalue weighted by molar-refractivity contribution is 6.35. The van der Waals surface area contributed by atoms with E-state index in [2.05, 4.69) is 13.8 Å². The number of benzene rings is 1. The Morgan fingerprint density at radius 1 is 1.22 bits per heavy atom. The van der Waals surface area contributed by atoms with Gasteiger partial charge < -0.3 is 14.9 Å². The maximum atomic E-state index is 11.6. The van der Waals surface area contributed by atoms with Gasteiger partial charge in [-0.2, -0.15) is 0 Å². The van der Waals surface area contributed by atoms with Crippen molar-refractivity contribution < 1.29 is 24.5 Å². The highest BCUT2D eigenvalue weighted by atomic mass is 35.5. The third kappa shape index (κ3) is 4.52. The summed E-state index contributed by atoms with van der Waals surface area (Å²) < 4.78 is 5.35. The number of aliphatic carboxylic acids is 2. The van der Waals surface area contributed by atoms with Gasteiger partial charge in [0.1, 0.15) is 11.2 Å². The molecule has 2 rings (SSSR count). The van der Waals surface area contributed by atoms with Crippen LogP contribution in [0, 0.1) is 0 Å². The van der Waals surface area contributed by atoms with E-state index in [1.54, 1.807) is 0 Å². The topological polar surface area (TPSA) is 83.8 Å². The lowest BCUT2D eigenvalue weighted by Crippen LogP contribution is -2.42. The molecule has 1 aromatic rings. The fourth-order valence-electron chi connectivity index (χ4n) is 2.26. The SMILES string of the molecule is CCCC.O=C(O)CC1(C(=O)O)CCOc2c(Cl)cc(Cl)cc21. The molecule has 1 aliphatic heterocycles. The van der Waals surface area contributed by atoms with Crippen molar-refractivity contribution in [1.82, 2.24) is 0 Å². The first-order valence-electron chi connectivity index (χ1n) is 7.36. The van der Waals surface area contributed by atoms with E-state index in [1.165, 1.54) is 25.0 Å². The van der Waals surface area contributed by atoms with Gasteiger partial charge in [0.2, 0.25) is 0 Å². The molecule has 1 unspecified atom stereocenters. The predicted octanol–water partition coefficient (Wildman–Crippen LogP) is 4.38. The van der Waals surface area contributed by atoms with E-state index in [9.17, 15) is 14.7 Å². The summed E-state index contributed by atoms with van der Waals surface area (Å²) in [6.07, 6.45) is 2.15. The average Bonchev–Trinajstić information content (AvgIpc) is 2.47. The molecule has 0 saturated carbocycles. The molecule has 0 aromatic heterocycles. The van der Waals surface area contributed by atoms with Crippen LogP contribution in [0.4, 0.5) is 0 Å². The molecule has 0 saturated heterocycles. The van der Waals surface area contributed by atoms with Gasteiger partial charge in [-0.05, 0) is 12.1 Å². The van der Waals surface area contributed by atoms with E-state index in [4.69, 9.17) is 33.0 Å². The number of rotatable bonds is 4. The first kappa shape index (κ1) is 19.6. The number of unbranched alkanes of at least 4 members (excludes halogenated alkanes) is 1. The maximum Gasteiger partial charge on any atom is 0.315 e. The molecule has 1 heterocycles. The zero-order valence-corrected chi connectivity index (χ0v) is 14.6. The summed E-state index contributed by atoms with van der Waals surface area (Å²) in [4.78, 5) is 22.6. The van der Waals surface area contributed by atoms with E-state index < -0.39 is 23.8 Å². The smallest absolute Gasteiger partial charge is 0.315 e. The van der Waals surface area contributed by atoms with Crippen molar-refractivity contribution in [3.8, 4) is 5.75 Å². The molecular weight excluding hydrogens is 343 g/mol. The summed E-state index contributed by atoms with van der Waals surface area (Å²) >= 11 is 11.8. The Morgan fingerprint density at radius 2 is 1.83 bits per heavy atom. The van der Waals surface area contributed by atoms with Crippen molar-refractivity contribution >= 4 is 35.1 Å². The minimum atomic E-state index is -1.56. The summed E-state index contributed by atoms with van der Waals surface area (Å²) in [5.41, 5.74) is -1.35. The van der Waals surface area contributed by atoms with Crippen molar-refractivity contribution in [2.45, 2.75) is 44.9 Å².